The molecule has 1 aromatic rings. The molecule has 0 aliphatic rings. The monoisotopic (exact) mass is 150 g/mol. The van der Waals surface area contributed by atoms with E-state index in [1.807, 2.05) is 6.07 Å². The fourth-order valence-electron chi connectivity index (χ4n) is 0.715. The van der Waals surface area contributed by atoms with Crippen molar-refractivity contribution in [1.82, 2.24) is 9.97 Å². The molecule has 0 unspecified atom stereocenters. The van der Waals surface area contributed by atoms with E-state index < -0.39 is 0 Å². The van der Waals surface area contributed by atoms with Gasteiger partial charge in [0, 0.05) is 11.7 Å². The van der Waals surface area contributed by atoms with E-state index >= 15 is 0 Å². The van der Waals surface area contributed by atoms with Crippen LogP contribution in [-0.2, 0) is 0 Å². The van der Waals surface area contributed by atoms with Crippen LogP contribution in [0.2, 0.25) is 0 Å². The fourth-order valence-corrected chi connectivity index (χ4v) is 0.715. The summed E-state index contributed by atoms with van der Waals surface area (Å²) in [5, 5.41) is 3.20. The highest BCUT2D eigenvalue weighted by molar-refractivity contribution is 5.34. The van der Waals surface area contributed by atoms with Crippen molar-refractivity contribution >= 4 is 5.82 Å². The zero-order chi connectivity index (χ0) is 8.32. The Balaban J connectivity index is 2.66. The molecular weight excluding hydrogens is 138 g/mol. The van der Waals surface area contributed by atoms with Crippen molar-refractivity contribution in [2.24, 2.45) is 0 Å². The van der Waals surface area contributed by atoms with Gasteiger partial charge in [-0.1, -0.05) is 0 Å². The molecule has 1 heterocycles. The molecule has 0 aliphatic carbocycles. The lowest BCUT2D eigenvalue weighted by atomic mass is 10.1. The van der Waals surface area contributed by atoms with Crippen molar-refractivity contribution < 1.29 is 0 Å². The maximum Gasteiger partial charge on any atom is 0.199 e. The van der Waals surface area contributed by atoms with Crippen molar-refractivity contribution in [2.75, 3.05) is 5.32 Å². The summed E-state index contributed by atoms with van der Waals surface area (Å²) in [6, 6.07) is 1.82. The van der Waals surface area contributed by atoms with Crippen molar-refractivity contribution in [3.8, 4) is 0 Å². The number of anilines is 1. The molecule has 0 aromatic carbocycles. The van der Waals surface area contributed by atoms with Crippen LogP contribution >= 0.6 is 0 Å². The second-order valence-electron chi connectivity index (χ2n) is 3.42. The van der Waals surface area contributed by atoms with Gasteiger partial charge in [0.05, 0.1) is 0 Å². The maximum atomic E-state index is 3.92. The SMILES string of the molecule is CC(C)(C)Nc1ccn[c]n1. The number of aromatic nitrogens is 2. The predicted molar refractivity (Wildman–Crippen MR) is 44.2 cm³/mol. The fraction of sp³-hybridized carbons (Fsp3) is 0.500. The summed E-state index contributed by atoms with van der Waals surface area (Å²) in [5.41, 5.74) is 0.0438. The first-order valence-corrected chi connectivity index (χ1v) is 3.55. The highest BCUT2D eigenvalue weighted by atomic mass is 15.0. The van der Waals surface area contributed by atoms with Gasteiger partial charge in [0.2, 0.25) is 0 Å². The smallest absolute Gasteiger partial charge is 0.199 e. The summed E-state index contributed by atoms with van der Waals surface area (Å²) in [5.74, 6) is 0.813. The maximum absolute atomic E-state index is 3.92. The molecule has 0 saturated heterocycles. The lowest BCUT2D eigenvalue weighted by molar-refractivity contribution is 0.630. The van der Waals surface area contributed by atoms with Crippen molar-refractivity contribution in [2.45, 2.75) is 26.3 Å². The minimum atomic E-state index is 0.0438. The van der Waals surface area contributed by atoms with Gasteiger partial charge >= 0.3 is 0 Å². The van der Waals surface area contributed by atoms with E-state index in [9.17, 15) is 0 Å². The molecule has 0 spiro atoms. The van der Waals surface area contributed by atoms with Crippen LogP contribution in [0.5, 0.6) is 0 Å². The molecule has 59 valence electrons. The van der Waals surface area contributed by atoms with Gasteiger partial charge in [-0.15, -0.1) is 0 Å². The third-order valence-electron chi connectivity index (χ3n) is 1.04. The summed E-state index contributed by atoms with van der Waals surface area (Å²) in [6.45, 7) is 6.24. The van der Waals surface area contributed by atoms with E-state index in [2.05, 4.69) is 42.4 Å². The van der Waals surface area contributed by atoms with Gasteiger partial charge in [-0.05, 0) is 26.8 Å². The van der Waals surface area contributed by atoms with Crippen LogP contribution in [0.15, 0.2) is 12.3 Å². The van der Waals surface area contributed by atoms with E-state index in [4.69, 9.17) is 0 Å². The molecule has 0 aliphatic heterocycles. The molecule has 1 N–H and O–H groups in total. The Hall–Kier alpha value is -1.12. The van der Waals surface area contributed by atoms with E-state index in [0.29, 0.717) is 0 Å². The largest absolute Gasteiger partial charge is 0.365 e. The molecule has 0 atom stereocenters. The second kappa shape index (κ2) is 2.86. The third kappa shape index (κ3) is 2.98. The molecule has 3 nitrogen and oxygen atoms in total. The molecule has 1 radical (unpaired) electrons. The van der Waals surface area contributed by atoms with E-state index in [1.54, 1.807) is 6.20 Å². The Bertz CT molecular complexity index is 213. The zero-order valence-corrected chi connectivity index (χ0v) is 7.05. The summed E-state index contributed by atoms with van der Waals surface area (Å²) >= 11 is 0. The van der Waals surface area contributed by atoms with Crippen LogP contribution in [0.1, 0.15) is 20.8 Å². The van der Waals surface area contributed by atoms with Gasteiger partial charge in [-0.3, -0.25) is 0 Å². The normalized spacial score (nSPS) is 11.2. The van der Waals surface area contributed by atoms with E-state index in [1.165, 1.54) is 0 Å². The Labute approximate surface area is 66.9 Å². The van der Waals surface area contributed by atoms with Crippen molar-refractivity contribution in [3.63, 3.8) is 0 Å². The van der Waals surface area contributed by atoms with Gasteiger partial charge < -0.3 is 5.32 Å². The molecule has 0 bridgehead atoms. The number of hydrogen-bond acceptors (Lipinski definition) is 3. The lowest BCUT2D eigenvalue weighted by Crippen LogP contribution is -2.26. The lowest BCUT2D eigenvalue weighted by Gasteiger charge is -2.20. The van der Waals surface area contributed by atoms with Gasteiger partial charge in [0.1, 0.15) is 5.82 Å². The van der Waals surface area contributed by atoms with Crippen LogP contribution in [0.25, 0.3) is 0 Å². The summed E-state index contributed by atoms with van der Waals surface area (Å²) in [6.07, 6.45) is 4.19. The summed E-state index contributed by atoms with van der Waals surface area (Å²) in [7, 11) is 0. The Morgan fingerprint density at radius 1 is 1.45 bits per heavy atom. The highest BCUT2D eigenvalue weighted by Crippen LogP contribution is 2.08. The number of nitrogens with one attached hydrogen (secondary N) is 1. The quantitative estimate of drug-likeness (QED) is 0.659. The first-order chi connectivity index (χ1) is 5.08. The van der Waals surface area contributed by atoms with E-state index in [0.717, 1.165) is 5.82 Å². The van der Waals surface area contributed by atoms with Gasteiger partial charge in [0.25, 0.3) is 0 Å². The van der Waals surface area contributed by atoms with Crippen molar-refractivity contribution in [1.29, 1.82) is 0 Å². The topological polar surface area (TPSA) is 37.8 Å². The number of nitrogens with zero attached hydrogens (tertiary/aromatic N) is 2. The minimum Gasteiger partial charge on any atom is -0.365 e. The van der Waals surface area contributed by atoms with Crippen molar-refractivity contribution in [3.05, 3.63) is 18.6 Å². The number of rotatable bonds is 1. The van der Waals surface area contributed by atoms with Crippen LogP contribution in [0.4, 0.5) is 5.82 Å². The average Bonchev–Trinajstić information content (AvgIpc) is 1.85. The average molecular weight is 150 g/mol. The van der Waals surface area contributed by atoms with Gasteiger partial charge in [0.15, 0.2) is 6.33 Å². The second-order valence-corrected chi connectivity index (χ2v) is 3.42. The zero-order valence-electron chi connectivity index (χ0n) is 7.05. The minimum absolute atomic E-state index is 0.0438. The molecule has 11 heavy (non-hydrogen) atoms. The predicted octanol–water partition coefficient (Wildman–Crippen LogP) is 1.49. The molecular formula is C8H12N3. The molecule has 1 rings (SSSR count). The van der Waals surface area contributed by atoms with Crippen LogP contribution in [0, 0.1) is 6.33 Å². The Morgan fingerprint density at radius 2 is 2.18 bits per heavy atom. The van der Waals surface area contributed by atoms with Crippen LogP contribution in [-0.4, -0.2) is 15.5 Å². The Kier molecular flexibility index (Phi) is 2.08. The third-order valence-corrected chi connectivity index (χ3v) is 1.04. The van der Waals surface area contributed by atoms with Gasteiger partial charge in [-0.2, -0.15) is 0 Å². The molecule has 3 heteroatoms. The van der Waals surface area contributed by atoms with Crippen LogP contribution < -0.4 is 5.32 Å². The van der Waals surface area contributed by atoms with E-state index in [-0.39, 0.29) is 5.54 Å². The Morgan fingerprint density at radius 3 is 2.64 bits per heavy atom. The number of hydrogen-bond donors (Lipinski definition) is 1. The highest BCUT2D eigenvalue weighted by Gasteiger charge is 2.08. The summed E-state index contributed by atoms with van der Waals surface area (Å²) in [4.78, 5) is 7.62. The molecule has 0 fully saturated rings. The van der Waals surface area contributed by atoms with Crippen LogP contribution in [0.3, 0.4) is 0 Å². The van der Waals surface area contributed by atoms with Gasteiger partial charge in [-0.25, -0.2) is 9.97 Å². The standard InChI is InChI=1S/C8H12N3/c1-8(2,3)11-7-4-5-9-6-10-7/h4-5H,1-3H3,(H,9,10,11). The molecule has 1 aromatic heterocycles. The summed E-state index contributed by atoms with van der Waals surface area (Å²) < 4.78 is 0. The first-order valence-electron chi connectivity index (χ1n) is 3.55. The molecule has 0 saturated carbocycles. The first kappa shape index (κ1) is 7.98. The molecule has 0 amide bonds.